The fourth-order valence-corrected chi connectivity index (χ4v) is 2.05. The highest BCUT2D eigenvalue weighted by molar-refractivity contribution is 5.64. The summed E-state index contributed by atoms with van der Waals surface area (Å²) in [6.07, 6.45) is 6.19. The summed E-state index contributed by atoms with van der Waals surface area (Å²) >= 11 is 0. The highest BCUT2D eigenvalue weighted by atomic mass is 16.6. The molecule has 0 atom stereocenters. The molecule has 1 aliphatic rings. The van der Waals surface area contributed by atoms with E-state index in [2.05, 4.69) is 15.3 Å². The Morgan fingerprint density at radius 3 is 2.53 bits per heavy atom. The van der Waals surface area contributed by atoms with E-state index in [4.69, 9.17) is 10.5 Å². The van der Waals surface area contributed by atoms with Crippen LogP contribution in [0.2, 0.25) is 0 Å². The van der Waals surface area contributed by atoms with Gasteiger partial charge in [-0.15, -0.1) is 0 Å². The third-order valence-corrected chi connectivity index (χ3v) is 2.86. The summed E-state index contributed by atoms with van der Waals surface area (Å²) in [4.78, 5) is 18.8. The molecule has 0 radical (unpaired) electrons. The summed E-state index contributed by atoms with van der Waals surface area (Å²) in [5.74, 6) is 0.645. The molecule has 1 saturated carbocycles. The van der Waals surface area contributed by atoms with Gasteiger partial charge < -0.3 is 15.8 Å². The monoisotopic (exact) mass is 236 g/mol. The largest absolute Gasteiger partial charge is 0.446 e. The Kier molecular flexibility index (Phi) is 3.74. The normalized spacial score (nSPS) is 24.0. The molecule has 17 heavy (non-hydrogen) atoms. The second-order valence-electron chi connectivity index (χ2n) is 4.13. The van der Waals surface area contributed by atoms with Crippen molar-refractivity contribution in [3.63, 3.8) is 0 Å². The van der Waals surface area contributed by atoms with Crippen molar-refractivity contribution < 1.29 is 9.53 Å². The van der Waals surface area contributed by atoms with Gasteiger partial charge in [-0.1, -0.05) is 0 Å². The van der Waals surface area contributed by atoms with Crippen LogP contribution in [0.1, 0.15) is 25.7 Å². The van der Waals surface area contributed by atoms with Gasteiger partial charge in [-0.05, 0) is 31.7 Å². The highest BCUT2D eigenvalue weighted by Crippen LogP contribution is 2.22. The first-order valence-corrected chi connectivity index (χ1v) is 5.73. The molecule has 0 bridgehead atoms. The molecule has 0 aliphatic heterocycles. The molecular formula is C11H16N4O2. The van der Waals surface area contributed by atoms with E-state index in [9.17, 15) is 4.79 Å². The van der Waals surface area contributed by atoms with Gasteiger partial charge in [0.2, 0.25) is 5.95 Å². The van der Waals surface area contributed by atoms with Crippen molar-refractivity contribution in [2.24, 2.45) is 5.73 Å². The molecule has 1 amide bonds. The van der Waals surface area contributed by atoms with Crippen molar-refractivity contribution in [2.75, 3.05) is 5.32 Å². The molecule has 1 aliphatic carbocycles. The Morgan fingerprint density at radius 1 is 1.29 bits per heavy atom. The Labute approximate surface area is 99.6 Å². The lowest BCUT2D eigenvalue weighted by Gasteiger charge is -2.28. The van der Waals surface area contributed by atoms with E-state index in [0.717, 1.165) is 25.7 Å². The summed E-state index contributed by atoms with van der Waals surface area (Å²) in [7, 11) is 0. The third kappa shape index (κ3) is 3.58. The molecule has 6 heteroatoms. The minimum atomic E-state index is -0.687. The van der Waals surface area contributed by atoms with Crippen molar-refractivity contribution in [1.29, 1.82) is 0 Å². The predicted molar refractivity (Wildman–Crippen MR) is 62.4 cm³/mol. The zero-order valence-electron chi connectivity index (χ0n) is 9.50. The highest BCUT2D eigenvalue weighted by Gasteiger charge is 2.23. The quantitative estimate of drug-likeness (QED) is 0.825. The van der Waals surface area contributed by atoms with Crippen LogP contribution in [0, 0.1) is 0 Å². The van der Waals surface area contributed by atoms with Crippen LogP contribution < -0.4 is 11.1 Å². The molecule has 1 fully saturated rings. The summed E-state index contributed by atoms with van der Waals surface area (Å²) in [6, 6.07) is 2.12. The lowest BCUT2D eigenvalue weighted by atomic mass is 9.93. The lowest BCUT2D eigenvalue weighted by molar-refractivity contribution is 0.0805. The van der Waals surface area contributed by atoms with Crippen molar-refractivity contribution in [3.05, 3.63) is 18.5 Å². The van der Waals surface area contributed by atoms with Crippen LogP contribution in [-0.4, -0.2) is 28.2 Å². The Bertz CT molecular complexity index is 363. The van der Waals surface area contributed by atoms with Gasteiger partial charge in [0, 0.05) is 18.4 Å². The van der Waals surface area contributed by atoms with Gasteiger partial charge in [-0.3, -0.25) is 0 Å². The maximum atomic E-state index is 10.6. The van der Waals surface area contributed by atoms with Crippen LogP contribution in [0.15, 0.2) is 18.5 Å². The molecule has 0 aromatic carbocycles. The fourth-order valence-electron chi connectivity index (χ4n) is 2.05. The van der Waals surface area contributed by atoms with Crippen LogP contribution in [0.25, 0.3) is 0 Å². The standard InChI is InChI=1S/C11H16N4O2/c12-10(16)17-9-4-2-8(3-5-9)15-11-13-6-1-7-14-11/h1,6-9H,2-5H2,(H2,12,16)(H,13,14,15)/t8-,9+. The number of rotatable bonds is 3. The molecular weight excluding hydrogens is 220 g/mol. The summed E-state index contributed by atoms with van der Waals surface area (Å²) in [6.45, 7) is 0. The van der Waals surface area contributed by atoms with Gasteiger partial charge in [0.1, 0.15) is 6.10 Å². The number of nitrogens with one attached hydrogen (secondary N) is 1. The zero-order valence-corrected chi connectivity index (χ0v) is 9.50. The first kappa shape index (κ1) is 11.6. The second-order valence-corrected chi connectivity index (χ2v) is 4.13. The molecule has 6 nitrogen and oxygen atoms in total. The number of primary amides is 1. The van der Waals surface area contributed by atoms with Gasteiger partial charge in [0.25, 0.3) is 0 Å². The molecule has 0 saturated heterocycles. The van der Waals surface area contributed by atoms with Crippen molar-refractivity contribution >= 4 is 12.0 Å². The number of nitrogens with zero attached hydrogens (tertiary/aromatic N) is 2. The van der Waals surface area contributed by atoms with Crippen LogP contribution in [-0.2, 0) is 4.74 Å². The van der Waals surface area contributed by atoms with E-state index < -0.39 is 6.09 Å². The maximum absolute atomic E-state index is 10.6. The lowest BCUT2D eigenvalue weighted by Crippen LogP contribution is -2.32. The molecule has 3 N–H and O–H groups in total. The fraction of sp³-hybridized carbons (Fsp3) is 0.545. The number of nitrogens with two attached hydrogens (primary N) is 1. The number of ether oxygens (including phenoxy) is 1. The molecule has 0 spiro atoms. The summed E-state index contributed by atoms with van der Waals surface area (Å²) in [5.41, 5.74) is 4.98. The van der Waals surface area contributed by atoms with Gasteiger partial charge in [-0.2, -0.15) is 0 Å². The van der Waals surface area contributed by atoms with Gasteiger partial charge in [0.15, 0.2) is 0 Å². The first-order chi connectivity index (χ1) is 8.24. The van der Waals surface area contributed by atoms with Crippen LogP contribution in [0.5, 0.6) is 0 Å². The number of carbonyl (C=O) groups excluding carboxylic acids is 1. The topological polar surface area (TPSA) is 90.1 Å². The van der Waals surface area contributed by atoms with E-state index in [0.29, 0.717) is 12.0 Å². The van der Waals surface area contributed by atoms with E-state index in [1.807, 2.05) is 0 Å². The summed E-state index contributed by atoms with van der Waals surface area (Å²) in [5, 5.41) is 3.26. The summed E-state index contributed by atoms with van der Waals surface area (Å²) < 4.78 is 4.97. The number of aromatic nitrogens is 2. The average molecular weight is 236 g/mol. The Hall–Kier alpha value is -1.85. The second kappa shape index (κ2) is 5.47. The molecule has 0 unspecified atom stereocenters. The Balaban J connectivity index is 1.78. The van der Waals surface area contributed by atoms with Crippen molar-refractivity contribution in [3.8, 4) is 0 Å². The van der Waals surface area contributed by atoms with E-state index in [-0.39, 0.29) is 6.10 Å². The molecule has 1 aromatic heterocycles. The first-order valence-electron chi connectivity index (χ1n) is 5.73. The van der Waals surface area contributed by atoms with Gasteiger partial charge in [-0.25, -0.2) is 14.8 Å². The minimum Gasteiger partial charge on any atom is -0.446 e. The molecule has 1 aromatic rings. The maximum Gasteiger partial charge on any atom is 0.404 e. The van der Waals surface area contributed by atoms with Gasteiger partial charge >= 0.3 is 6.09 Å². The molecule has 92 valence electrons. The number of amides is 1. The SMILES string of the molecule is NC(=O)O[C@H]1CC[C@@H](Nc2ncccn2)CC1. The smallest absolute Gasteiger partial charge is 0.404 e. The van der Waals surface area contributed by atoms with E-state index in [1.54, 1.807) is 18.5 Å². The third-order valence-electron chi connectivity index (χ3n) is 2.86. The molecule has 2 rings (SSSR count). The number of carbonyl (C=O) groups is 1. The van der Waals surface area contributed by atoms with Crippen LogP contribution in [0.3, 0.4) is 0 Å². The van der Waals surface area contributed by atoms with Crippen molar-refractivity contribution in [1.82, 2.24) is 9.97 Å². The number of hydrogen-bond donors (Lipinski definition) is 2. The minimum absolute atomic E-state index is 0.0396. The van der Waals surface area contributed by atoms with Gasteiger partial charge in [0.05, 0.1) is 0 Å². The van der Waals surface area contributed by atoms with Crippen LogP contribution in [0.4, 0.5) is 10.7 Å². The van der Waals surface area contributed by atoms with Crippen LogP contribution >= 0.6 is 0 Å². The number of hydrogen-bond acceptors (Lipinski definition) is 5. The van der Waals surface area contributed by atoms with Crippen molar-refractivity contribution in [2.45, 2.75) is 37.8 Å². The van der Waals surface area contributed by atoms with E-state index >= 15 is 0 Å². The zero-order chi connectivity index (χ0) is 12.1. The molecule has 1 heterocycles. The number of anilines is 1. The predicted octanol–water partition coefficient (Wildman–Crippen LogP) is 1.29. The average Bonchev–Trinajstić information content (AvgIpc) is 2.32. The van der Waals surface area contributed by atoms with E-state index in [1.165, 1.54) is 0 Å². The Morgan fingerprint density at radius 2 is 1.94 bits per heavy atom.